The van der Waals surface area contributed by atoms with Crippen molar-refractivity contribution in [1.82, 2.24) is 15.5 Å². The molecule has 224 valence electrons. The van der Waals surface area contributed by atoms with E-state index in [1.807, 2.05) is 12.1 Å². The van der Waals surface area contributed by atoms with Gasteiger partial charge < -0.3 is 16.0 Å². The third-order valence-electron chi connectivity index (χ3n) is 8.20. The Kier molecular flexibility index (Phi) is 12.9. The molecule has 0 unspecified atom stereocenters. The van der Waals surface area contributed by atoms with E-state index in [1.54, 1.807) is 12.1 Å². The number of carbonyl (C=O) groups is 2. The molecule has 1 aliphatic rings. The van der Waals surface area contributed by atoms with Crippen molar-refractivity contribution in [2.75, 3.05) is 25.0 Å². The molecule has 0 aromatic heterocycles. The van der Waals surface area contributed by atoms with Gasteiger partial charge in [0.15, 0.2) is 0 Å². The van der Waals surface area contributed by atoms with Crippen LogP contribution in [0.4, 0.5) is 10.5 Å². The smallest absolute Gasteiger partial charge is 0.319 e. The van der Waals surface area contributed by atoms with Crippen molar-refractivity contribution in [3.63, 3.8) is 0 Å². The number of anilines is 1. The first-order valence-corrected chi connectivity index (χ1v) is 15.9. The lowest BCUT2D eigenvalue weighted by Gasteiger charge is -2.38. The zero-order valence-corrected chi connectivity index (χ0v) is 25.2. The van der Waals surface area contributed by atoms with Crippen molar-refractivity contribution in [1.29, 1.82) is 0 Å². The second-order valence-corrected chi connectivity index (χ2v) is 11.4. The zero-order valence-electron chi connectivity index (χ0n) is 25.2. The average Bonchev–Trinajstić information content (AvgIpc) is 3.02. The molecule has 0 radical (unpaired) electrons. The predicted octanol–water partition coefficient (Wildman–Crippen LogP) is 7.93. The molecule has 4 rings (SSSR count). The number of amides is 3. The van der Waals surface area contributed by atoms with Crippen LogP contribution in [-0.2, 0) is 0 Å². The molecule has 0 bridgehead atoms. The number of piperidine rings is 1. The minimum absolute atomic E-state index is 0.0878. The number of nitrogens with zero attached hydrogens (tertiary/aromatic N) is 1. The molecule has 42 heavy (non-hydrogen) atoms. The molecule has 3 aromatic carbocycles. The van der Waals surface area contributed by atoms with E-state index in [2.05, 4.69) is 88.4 Å². The number of para-hydroxylation sites is 1. The molecule has 1 heterocycles. The van der Waals surface area contributed by atoms with E-state index in [0.29, 0.717) is 17.8 Å². The molecular weight excluding hydrogens is 520 g/mol. The highest BCUT2D eigenvalue weighted by atomic mass is 16.2. The van der Waals surface area contributed by atoms with Crippen LogP contribution in [0.25, 0.3) is 0 Å². The van der Waals surface area contributed by atoms with Crippen LogP contribution in [0.5, 0.6) is 0 Å². The lowest BCUT2D eigenvalue weighted by atomic mass is 9.94. The van der Waals surface area contributed by atoms with E-state index in [1.165, 1.54) is 49.7 Å². The van der Waals surface area contributed by atoms with Crippen LogP contribution in [0, 0.1) is 0 Å². The third-order valence-corrected chi connectivity index (χ3v) is 8.20. The minimum Gasteiger partial charge on any atom is -0.349 e. The number of urea groups is 1. The molecule has 3 aromatic rings. The largest absolute Gasteiger partial charge is 0.349 e. The monoisotopic (exact) mass is 568 g/mol. The maximum absolute atomic E-state index is 13.3. The summed E-state index contributed by atoms with van der Waals surface area (Å²) in [6, 6.07) is 28.6. The quantitative estimate of drug-likeness (QED) is 0.163. The van der Waals surface area contributed by atoms with Gasteiger partial charge in [-0.1, -0.05) is 125 Å². The van der Waals surface area contributed by atoms with Gasteiger partial charge in [0, 0.05) is 25.7 Å². The van der Waals surface area contributed by atoms with Gasteiger partial charge in [0.05, 0.1) is 17.3 Å². The standard InChI is InChI=1S/C36H48N4O2/c1-2-3-4-5-6-7-8-17-26-37-36(42)39-33-23-16-15-22-32(33)35(41)38-31-24-27-40(28-25-31)34(29-18-11-9-12-19-29)30-20-13-10-14-21-30/h9-16,18-23,31,34H,2-8,17,24-28H2,1H3,(H,38,41)(H2,37,39,42). The molecule has 3 amide bonds. The molecule has 0 spiro atoms. The predicted molar refractivity (Wildman–Crippen MR) is 173 cm³/mol. The first-order chi connectivity index (χ1) is 20.7. The van der Waals surface area contributed by atoms with Crippen molar-refractivity contribution in [3.8, 4) is 0 Å². The van der Waals surface area contributed by atoms with Gasteiger partial charge in [0.1, 0.15) is 0 Å². The van der Waals surface area contributed by atoms with E-state index in [4.69, 9.17) is 0 Å². The van der Waals surface area contributed by atoms with Crippen molar-refractivity contribution < 1.29 is 9.59 Å². The van der Waals surface area contributed by atoms with Gasteiger partial charge in [-0.2, -0.15) is 0 Å². The average molecular weight is 569 g/mol. The van der Waals surface area contributed by atoms with Crippen molar-refractivity contribution in [2.24, 2.45) is 0 Å². The van der Waals surface area contributed by atoms with Crippen LogP contribution in [0.3, 0.4) is 0 Å². The van der Waals surface area contributed by atoms with Crippen molar-refractivity contribution >= 4 is 17.6 Å². The van der Waals surface area contributed by atoms with E-state index in [-0.39, 0.29) is 24.0 Å². The third kappa shape index (κ3) is 9.73. The van der Waals surface area contributed by atoms with Crippen LogP contribution in [0.1, 0.15) is 98.7 Å². The first-order valence-electron chi connectivity index (χ1n) is 15.9. The molecular formula is C36H48N4O2. The minimum atomic E-state index is -0.264. The highest BCUT2D eigenvalue weighted by molar-refractivity contribution is 6.03. The first kappa shape index (κ1) is 31.3. The van der Waals surface area contributed by atoms with Crippen LogP contribution in [0.2, 0.25) is 0 Å². The zero-order chi connectivity index (χ0) is 29.4. The topological polar surface area (TPSA) is 73.5 Å². The van der Waals surface area contributed by atoms with Crippen molar-refractivity contribution in [3.05, 3.63) is 102 Å². The van der Waals surface area contributed by atoms with Crippen LogP contribution < -0.4 is 16.0 Å². The molecule has 6 heteroatoms. The molecule has 1 saturated heterocycles. The van der Waals surface area contributed by atoms with Gasteiger partial charge in [0.25, 0.3) is 5.91 Å². The van der Waals surface area contributed by atoms with Gasteiger partial charge in [-0.15, -0.1) is 0 Å². The summed E-state index contributed by atoms with van der Waals surface area (Å²) < 4.78 is 0. The van der Waals surface area contributed by atoms with E-state index < -0.39 is 0 Å². The maximum Gasteiger partial charge on any atom is 0.319 e. The Labute approximate surface area is 252 Å². The second kappa shape index (κ2) is 17.3. The number of hydrogen-bond acceptors (Lipinski definition) is 3. The Hall–Kier alpha value is -3.64. The SMILES string of the molecule is CCCCCCCCCCNC(=O)Nc1ccccc1C(=O)NC1CCN(C(c2ccccc2)c2ccccc2)CC1. The number of carbonyl (C=O) groups excluding carboxylic acids is 2. The van der Waals surface area contributed by atoms with Gasteiger partial charge >= 0.3 is 6.03 Å². The highest BCUT2D eigenvalue weighted by Gasteiger charge is 2.28. The van der Waals surface area contributed by atoms with E-state index >= 15 is 0 Å². The van der Waals surface area contributed by atoms with Gasteiger partial charge in [-0.25, -0.2) is 4.79 Å². The van der Waals surface area contributed by atoms with Crippen LogP contribution >= 0.6 is 0 Å². The lowest BCUT2D eigenvalue weighted by molar-refractivity contribution is 0.0901. The molecule has 1 fully saturated rings. The molecule has 3 N–H and O–H groups in total. The Bertz CT molecular complexity index is 1170. The number of rotatable bonds is 15. The Morgan fingerprint density at radius 3 is 1.90 bits per heavy atom. The van der Waals surface area contributed by atoms with Crippen molar-refractivity contribution in [2.45, 2.75) is 83.2 Å². The normalized spacial score (nSPS) is 14.0. The number of nitrogens with one attached hydrogen (secondary N) is 3. The van der Waals surface area contributed by atoms with Gasteiger partial charge in [-0.05, 0) is 42.5 Å². The number of benzene rings is 3. The lowest BCUT2D eigenvalue weighted by Crippen LogP contribution is -2.46. The summed E-state index contributed by atoms with van der Waals surface area (Å²) in [4.78, 5) is 28.4. The number of unbranched alkanes of at least 4 members (excludes halogenated alkanes) is 7. The summed E-state index contributed by atoms with van der Waals surface area (Å²) in [7, 11) is 0. The summed E-state index contributed by atoms with van der Waals surface area (Å²) in [5, 5.41) is 9.07. The molecule has 6 nitrogen and oxygen atoms in total. The summed E-state index contributed by atoms with van der Waals surface area (Å²) in [6.45, 7) is 4.65. The number of hydrogen-bond donors (Lipinski definition) is 3. The van der Waals surface area contributed by atoms with Gasteiger partial charge in [-0.3, -0.25) is 9.69 Å². The van der Waals surface area contributed by atoms with E-state index in [9.17, 15) is 9.59 Å². The molecule has 0 aliphatic carbocycles. The molecule has 1 aliphatic heterocycles. The highest BCUT2D eigenvalue weighted by Crippen LogP contribution is 2.31. The van der Waals surface area contributed by atoms with Crippen LogP contribution in [-0.4, -0.2) is 42.5 Å². The fraction of sp³-hybridized carbons (Fsp3) is 0.444. The molecule has 0 saturated carbocycles. The summed E-state index contributed by atoms with van der Waals surface area (Å²) in [5.41, 5.74) is 3.60. The Morgan fingerprint density at radius 1 is 0.738 bits per heavy atom. The summed E-state index contributed by atoms with van der Waals surface area (Å²) >= 11 is 0. The summed E-state index contributed by atoms with van der Waals surface area (Å²) in [6.07, 6.45) is 11.6. The maximum atomic E-state index is 13.3. The second-order valence-electron chi connectivity index (χ2n) is 11.4. The van der Waals surface area contributed by atoms with E-state index in [0.717, 1.165) is 38.8 Å². The fourth-order valence-electron chi connectivity index (χ4n) is 5.87. The summed E-state index contributed by atoms with van der Waals surface area (Å²) in [5.74, 6) is -0.143. The molecule has 0 atom stereocenters. The number of likely N-dealkylation sites (tertiary alicyclic amines) is 1. The Morgan fingerprint density at radius 2 is 1.29 bits per heavy atom. The van der Waals surface area contributed by atoms with Crippen LogP contribution in [0.15, 0.2) is 84.9 Å². The Balaban J connectivity index is 1.24. The fourth-order valence-corrected chi connectivity index (χ4v) is 5.87. The van der Waals surface area contributed by atoms with Gasteiger partial charge in [0.2, 0.25) is 0 Å².